The van der Waals surface area contributed by atoms with Gasteiger partial charge in [-0.05, 0) is 30.3 Å². The quantitative estimate of drug-likeness (QED) is 0.654. The molecular weight excluding hydrogens is 380 g/mol. The third-order valence-corrected chi connectivity index (χ3v) is 4.76. The van der Waals surface area contributed by atoms with Crippen LogP contribution < -0.4 is 9.64 Å². The van der Waals surface area contributed by atoms with Crippen LogP contribution in [0.2, 0.25) is 5.02 Å². The van der Waals surface area contributed by atoms with E-state index >= 15 is 0 Å². The first kappa shape index (κ1) is 18.2. The second-order valence-electron chi connectivity index (χ2n) is 6.33. The molecule has 0 atom stereocenters. The summed E-state index contributed by atoms with van der Waals surface area (Å²) in [7, 11) is 0. The first-order valence-corrected chi connectivity index (χ1v) is 9.30. The number of aromatic nitrogens is 4. The first-order valence-electron chi connectivity index (χ1n) is 8.92. The molecule has 1 fully saturated rings. The number of nitrogens with zero attached hydrogens (tertiary/aromatic N) is 6. The topological polar surface area (TPSA) is 76.4 Å². The second-order valence-corrected chi connectivity index (χ2v) is 6.77. The van der Waals surface area contributed by atoms with Gasteiger partial charge in [-0.15, -0.1) is 10.2 Å². The Hall–Kier alpha value is -3.13. The van der Waals surface area contributed by atoms with Gasteiger partial charge in [0.15, 0.2) is 18.2 Å². The number of rotatable bonds is 5. The van der Waals surface area contributed by atoms with Crippen molar-refractivity contribution in [1.82, 2.24) is 24.6 Å². The number of hydrogen-bond acceptors (Lipinski definition) is 6. The number of halogens is 1. The monoisotopic (exact) mass is 398 g/mol. The van der Waals surface area contributed by atoms with Gasteiger partial charge in [0, 0.05) is 43.6 Å². The van der Waals surface area contributed by atoms with E-state index in [0.29, 0.717) is 42.8 Å². The van der Waals surface area contributed by atoms with E-state index in [1.54, 1.807) is 46.3 Å². The van der Waals surface area contributed by atoms with Crippen LogP contribution in [0.1, 0.15) is 0 Å². The number of hydrogen-bond donors (Lipinski definition) is 0. The third kappa shape index (κ3) is 4.23. The summed E-state index contributed by atoms with van der Waals surface area (Å²) in [5, 5.41) is 9.12. The predicted molar refractivity (Wildman–Crippen MR) is 105 cm³/mol. The maximum atomic E-state index is 12.4. The second kappa shape index (κ2) is 8.26. The zero-order valence-corrected chi connectivity index (χ0v) is 15.9. The molecule has 0 N–H and O–H groups in total. The Morgan fingerprint density at radius 2 is 1.86 bits per heavy atom. The van der Waals surface area contributed by atoms with E-state index in [-0.39, 0.29) is 12.5 Å². The number of ether oxygens (including phenoxy) is 1. The van der Waals surface area contributed by atoms with E-state index in [9.17, 15) is 4.79 Å². The van der Waals surface area contributed by atoms with E-state index in [0.717, 1.165) is 5.82 Å². The van der Waals surface area contributed by atoms with E-state index in [2.05, 4.69) is 20.1 Å². The molecule has 3 heterocycles. The average Bonchev–Trinajstić information content (AvgIpc) is 3.27. The normalized spacial score (nSPS) is 14.2. The lowest BCUT2D eigenvalue weighted by Crippen LogP contribution is -2.50. The summed E-state index contributed by atoms with van der Waals surface area (Å²) < 4.78 is 7.34. The molecule has 0 unspecified atom stereocenters. The fourth-order valence-electron chi connectivity index (χ4n) is 3.00. The van der Waals surface area contributed by atoms with E-state index in [1.165, 1.54) is 0 Å². The van der Waals surface area contributed by atoms with Crippen LogP contribution in [-0.2, 0) is 4.79 Å². The molecule has 2 aromatic heterocycles. The molecule has 1 saturated heterocycles. The lowest BCUT2D eigenvalue weighted by atomic mass is 10.3. The van der Waals surface area contributed by atoms with Gasteiger partial charge in [0.2, 0.25) is 0 Å². The van der Waals surface area contributed by atoms with Crippen molar-refractivity contribution in [2.75, 3.05) is 37.7 Å². The van der Waals surface area contributed by atoms with E-state index in [4.69, 9.17) is 16.3 Å². The highest BCUT2D eigenvalue weighted by atomic mass is 35.5. The van der Waals surface area contributed by atoms with Crippen molar-refractivity contribution in [2.24, 2.45) is 0 Å². The average molecular weight is 399 g/mol. The molecule has 0 spiro atoms. The Balaban J connectivity index is 1.28. The van der Waals surface area contributed by atoms with Crippen LogP contribution in [0.15, 0.2) is 55.1 Å². The smallest absolute Gasteiger partial charge is 0.260 e. The van der Waals surface area contributed by atoms with Crippen LogP contribution in [0, 0.1) is 0 Å². The SMILES string of the molecule is O=C(COc1cccc(Cl)c1)N1CCN(c2ccc(-n3ccnc3)nn2)CC1. The van der Waals surface area contributed by atoms with Gasteiger partial charge in [-0.1, -0.05) is 17.7 Å². The molecule has 8 nitrogen and oxygen atoms in total. The summed E-state index contributed by atoms with van der Waals surface area (Å²) in [6.45, 7) is 2.62. The molecule has 0 radical (unpaired) electrons. The van der Waals surface area contributed by atoms with Crippen LogP contribution in [-0.4, -0.2) is 63.3 Å². The minimum Gasteiger partial charge on any atom is -0.484 e. The van der Waals surface area contributed by atoms with Gasteiger partial charge < -0.3 is 14.5 Å². The number of carbonyl (C=O) groups excluding carboxylic acids is 1. The Morgan fingerprint density at radius 1 is 1.07 bits per heavy atom. The van der Waals surface area contributed by atoms with Gasteiger partial charge >= 0.3 is 0 Å². The van der Waals surface area contributed by atoms with Crippen LogP contribution in [0.5, 0.6) is 5.75 Å². The van der Waals surface area contributed by atoms with Crippen LogP contribution in [0.3, 0.4) is 0 Å². The number of anilines is 1. The minimum atomic E-state index is -0.0406. The Kier molecular flexibility index (Phi) is 5.38. The van der Waals surface area contributed by atoms with Crippen LogP contribution in [0.4, 0.5) is 5.82 Å². The van der Waals surface area contributed by atoms with Gasteiger partial charge in [0.1, 0.15) is 12.1 Å². The summed E-state index contributed by atoms with van der Waals surface area (Å²) >= 11 is 5.93. The van der Waals surface area contributed by atoms with Crippen LogP contribution >= 0.6 is 11.6 Å². The molecule has 3 aromatic rings. The number of benzene rings is 1. The van der Waals surface area contributed by atoms with Crippen LogP contribution in [0.25, 0.3) is 5.82 Å². The van der Waals surface area contributed by atoms with E-state index < -0.39 is 0 Å². The lowest BCUT2D eigenvalue weighted by molar-refractivity contribution is -0.133. The van der Waals surface area contributed by atoms with Gasteiger partial charge in [0.05, 0.1) is 0 Å². The van der Waals surface area contributed by atoms with Crippen molar-refractivity contribution in [3.63, 3.8) is 0 Å². The summed E-state index contributed by atoms with van der Waals surface area (Å²) in [5.41, 5.74) is 0. The molecule has 4 rings (SSSR count). The Labute approximate surface area is 167 Å². The lowest BCUT2D eigenvalue weighted by Gasteiger charge is -2.35. The zero-order valence-electron chi connectivity index (χ0n) is 15.1. The maximum absolute atomic E-state index is 12.4. The molecule has 0 bridgehead atoms. The van der Waals surface area contributed by atoms with Crippen molar-refractivity contribution >= 4 is 23.3 Å². The highest BCUT2D eigenvalue weighted by Crippen LogP contribution is 2.18. The molecule has 1 aromatic carbocycles. The number of imidazole rings is 1. The number of carbonyl (C=O) groups is 1. The molecule has 0 saturated carbocycles. The molecule has 1 amide bonds. The van der Waals surface area contributed by atoms with Crippen molar-refractivity contribution < 1.29 is 9.53 Å². The molecule has 9 heteroatoms. The van der Waals surface area contributed by atoms with Gasteiger partial charge in [0.25, 0.3) is 5.91 Å². The number of amides is 1. The maximum Gasteiger partial charge on any atom is 0.260 e. The summed E-state index contributed by atoms with van der Waals surface area (Å²) in [6.07, 6.45) is 5.20. The van der Waals surface area contributed by atoms with E-state index in [1.807, 2.05) is 18.3 Å². The molecule has 144 valence electrons. The molecule has 1 aliphatic rings. The molecular formula is C19H19ClN6O2. The zero-order chi connectivity index (χ0) is 19.3. The summed E-state index contributed by atoms with van der Waals surface area (Å²) in [6, 6.07) is 10.9. The first-order chi connectivity index (χ1) is 13.7. The third-order valence-electron chi connectivity index (χ3n) is 4.52. The molecule has 0 aliphatic carbocycles. The Morgan fingerprint density at radius 3 is 2.54 bits per heavy atom. The van der Waals surface area contributed by atoms with Crippen molar-refractivity contribution in [2.45, 2.75) is 0 Å². The molecule has 1 aliphatic heterocycles. The standard InChI is InChI=1S/C19H19ClN6O2/c20-15-2-1-3-16(12-15)28-13-19(27)25-10-8-24(9-11-25)17-4-5-18(23-22-17)26-7-6-21-14-26/h1-7,12,14H,8-11,13H2. The Bertz CT molecular complexity index is 924. The van der Waals surface area contributed by atoms with Crippen molar-refractivity contribution in [3.8, 4) is 11.6 Å². The summed E-state index contributed by atoms with van der Waals surface area (Å²) in [4.78, 5) is 20.3. The van der Waals surface area contributed by atoms with Gasteiger partial charge in [-0.2, -0.15) is 0 Å². The summed E-state index contributed by atoms with van der Waals surface area (Å²) in [5.74, 6) is 2.06. The van der Waals surface area contributed by atoms with Crippen molar-refractivity contribution in [1.29, 1.82) is 0 Å². The minimum absolute atomic E-state index is 0.000248. The largest absolute Gasteiger partial charge is 0.484 e. The number of piperazine rings is 1. The highest BCUT2D eigenvalue weighted by molar-refractivity contribution is 6.30. The predicted octanol–water partition coefficient (Wildman–Crippen LogP) is 2.04. The highest BCUT2D eigenvalue weighted by Gasteiger charge is 2.22. The van der Waals surface area contributed by atoms with Gasteiger partial charge in [-0.3, -0.25) is 9.36 Å². The molecule has 28 heavy (non-hydrogen) atoms. The van der Waals surface area contributed by atoms with Crippen molar-refractivity contribution in [3.05, 3.63) is 60.1 Å². The fourth-order valence-corrected chi connectivity index (χ4v) is 3.18. The fraction of sp³-hybridized carbons (Fsp3) is 0.263. The van der Waals surface area contributed by atoms with Gasteiger partial charge in [-0.25, -0.2) is 4.98 Å².